The number of nitrogens with zero attached hydrogens (tertiary/aromatic N) is 4. The molecule has 20 heavy (non-hydrogen) atoms. The first kappa shape index (κ1) is 14.3. The predicted octanol–water partition coefficient (Wildman–Crippen LogP) is 1.33. The zero-order chi connectivity index (χ0) is 14.5. The molecule has 0 amide bonds. The summed E-state index contributed by atoms with van der Waals surface area (Å²) in [5.41, 5.74) is 1.46. The van der Waals surface area contributed by atoms with Crippen LogP contribution in [0, 0.1) is 10.1 Å². The Bertz CT molecular complexity index is 510. The van der Waals surface area contributed by atoms with E-state index < -0.39 is 0 Å². The van der Waals surface area contributed by atoms with Crippen molar-refractivity contribution in [1.29, 1.82) is 0 Å². The van der Waals surface area contributed by atoms with Crippen LogP contribution < -0.4 is 4.90 Å². The third kappa shape index (κ3) is 3.45. The minimum atomic E-state index is -0.349. The van der Waals surface area contributed by atoms with Crippen LogP contribution in [0.25, 0.3) is 0 Å². The molecular formula is C13H18N4O3. The van der Waals surface area contributed by atoms with Crippen molar-refractivity contribution in [3.8, 4) is 0 Å². The second-order valence-electron chi connectivity index (χ2n) is 4.70. The summed E-state index contributed by atoms with van der Waals surface area (Å²) in [5.74, 6) is 0. The third-order valence-corrected chi connectivity index (χ3v) is 2.99. The average Bonchev–Trinajstić information content (AvgIpc) is 2.45. The van der Waals surface area contributed by atoms with Crippen molar-refractivity contribution in [1.82, 2.24) is 5.01 Å². The fraction of sp³-hybridized carbons (Fsp3) is 0.462. The van der Waals surface area contributed by atoms with Gasteiger partial charge < -0.3 is 14.6 Å². The van der Waals surface area contributed by atoms with Crippen molar-refractivity contribution in [2.24, 2.45) is 5.10 Å². The number of hydrogen-bond acceptors (Lipinski definition) is 6. The fourth-order valence-electron chi connectivity index (χ4n) is 2.02. The van der Waals surface area contributed by atoms with E-state index in [-0.39, 0.29) is 10.6 Å². The van der Waals surface area contributed by atoms with Crippen LogP contribution in [0.15, 0.2) is 23.3 Å². The van der Waals surface area contributed by atoms with Gasteiger partial charge in [-0.05, 0) is 6.07 Å². The molecular weight excluding hydrogens is 260 g/mol. The van der Waals surface area contributed by atoms with Gasteiger partial charge in [-0.25, -0.2) is 0 Å². The second kappa shape index (κ2) is 6.33. The Morgan fingerprint density at radius 3 is 2.70 bits per heavy atom. The summed E-state index contributed by atoms with van der Waals surface area (Å²) in [7, 11) is 3.60. The quantitative estimate of drug-likeness (QED) is 0.472. The number of nitro groups is 1. The molecule has 0 saturated carbocycles. The van der Waals surface area contributed by atoms with Crippen molar-refractivity contribution in [3.63, 3.8) is 0 Å². The second-order valence-corrected chi connectivity index (χ2v) is 4.70. The van der Waals surface area contributed by atoms with E-state index in [0.717, 1.165) is 0 Å². The summed E-state index contributed by atoms with van der Waals surface area (Å²) in [6.45, 7) is 2.54. The van der Waals surface area contributed by atoms with Gasteiger partial charge in [0, 0.05) is 38.8 Å². The summed E-state index contributed by atoms with van der Waals surface area (Å²) in [6, 6.07) is 5.17. The van der Waals surface area contributed by atoms with E-state index in [9.17, 15) is 10.1 Å². The number of anilines is 1. The van der Waals surface area contributed by atoms with E-state index in [1.54, 1.807) is 37.5 Å². The van der Waals surface area contributed by atoms with Gasteiger partial charge in [0.2, 0.25) is 0 Å². The topological polar surface area (TPSA) is 71.2 Å². The molecule has 108 valence electrons. The Labute approximate surface area is 117 Å². The maximum atomic E-state index is 11.2. The maximum Gasteiger partial charge on any atom is 0.293 e. The third-order valence-electron chi connectivity index (χ3n) is 2.99. The lowest BCUT2D eigenvalue weighted by Gasteiger charge is -2.28. The van der Waals surface area contributed by atoms with Crippen LogP contribution in [0.1, 0.15) is 5.56 Å². The Morgan fingerprint density at radius 1 is 1.40 bits per heavy atom. The van der Waals surface area contributed by atoms with Crippen molar-refractivity contribution >= 4 is 17.6 Å². The van der Waals surface area contributed by atoms with E-state index in [0.29, 0.717) is 37.6 Å². The van der Waals surface area contributed by atoms with Crippen molar-refractivity contribution in [2.45, 2.75) is 0 Å². The molecule has 0 atom stereocenters. The Hall–Kier alpha value is -2.15. The highest BCUT2D eigenvalue weighted by molar-refractivity contribution is 5.83. The van der Waals surface area contributed by atoms with Gasteiger partial charge in [0.1, 0.15) is 5.69 Å². The maximum absolute atomic E-state index is 11.2. The fourth-order valence-corrected chi connectivity index (χ4v) is 2.02. The molecule has 0 bridgehead atoms. The van der Waals surface area contributed by atoms with E-state index >= 15 is 0 Å². The Balaban J connectivity index is 2.30. The molecule has 7 nitrogen and oxygen atoms in total. The summed E-state index contributed by atoms with van der Waals surface area (Å²) < 4.78 is 5.27. The molecule has 1 aromatic carbocycles. The monoisotopic (exact) mass is 278 g/mol. The highest BCUT2D eigenvalue weighted by Crippen LogP contribution is 2.29. The lowest BCUT2D eigenvalue weighted by Crippen LogP contribution is -2.36. The van der Waals surface area contributed by atoms with E-state index in [4.69, 9.17) is 4.74 Å². The largest absolute Gasteiger partial charge is 0.378 e. The standard InChI is InChI=1S/C13H18N4O3/c1-15(2)14-10-11-3-4-12(13(9-11)17(18)19)16-5-7-20-8-6-16/h3-4,9-10H,5-8H2,1-2H3/b14-10+. The molecule has 0 N–H and O–H groups in total. The molecule has 0 aromatic heterocycles. The molecule has 1 fully saturated rings. The Kier molecular flexibility index (Phi) is 4.52. The van der Waals surface area contributed by atoms with E-state index in [1.165, 1.54) is 0 Å². The van der Waals surface area contributed by atoms with Gasteiger partial charge in [0.25, 0.3) is 5.69 Å². The molecule has 0 aliphatic carbocycles. The zero-order valence-corrected chi connectivity index (χ0v) is 11.7. The van der Waals surface area contributed by atoms with Crippen molar-refractivity contribution in [2.75, 3.05) is 45.3 Å². The summed E-state index contributed by atoms with van der Waals surface area (Å²) in [6.07, 6.45) is 1.61. The number of benzene rings is 1. The minimum absolute atomic E-state index is 0.106. The first-order chi connectivity index (χ1) is 9.58. The summed E-state index contributed by atoms with van der Waals surface area (Å²) in [5, 5.41) is 17.0. The van der Waals surface area contributed by atoms with E-state index in [1.807, 2.05) is 11.0 Å². The SMILES string of the molecule is CN(C)/N=C/c1ccc(N2CCOCC2)c([N+](=O)[O-])c1. The minimum Gasteiger partial charge on any atom is -0.378 e. The van der Waals surface area contributed by atoms with Gasteiger partial charge in [-0.3, -0.25) is 10.1 Å². The first-order valence-corrected chi connectivity index (χ1v) is 6.40. The van der Waals surface area contributed by atoms with Gasteiger partial charge in [0.15, 0.2) is 0 Å². The van der Waals surface area contributed by atoms with Crippen LogP contribution in [0.3, 0.4) is 0 Å². The molecule has 1 aromatic rings. The predicted molar refractivity (Wildman–Crippen MR) is 77.4 cm³/mol. The zero-order valence-electron chi connectivity index (χ0n) is 11.7. The van der Waals surface area contributed by atoms with Gasteiger partial charge in [-0.1, -0.05) is 6.07 Å². The van der Waals surface area contributed by atoms with Crippen LogP contribution >= 0.6 is 0 Å². The Morgan fingerprint density at radius 2 is 2.10 bits per heavy atom. The summed E-state index contributed by atoms with van der Waals surface area (Å²) in [4.78, 5) is 12.9. The normalized spacial score (nSPS) is 15.6. The smallest absolute Gasteiger partial charge is 0.293 e. The van der Waals surface area contributed by atoms with Crippen LogP contribution in [-0.4, -0.2) is 56.5 Å². The molecule has 1 saturated heterocycles. The molecule has 1 heterocycles. The number of rotatable bonds is 4. The highest BCUT2D eigenvalue weighted by atomic mass is 16.6. The highest BCUT2D eigenvalue weighted by Gasteiger charge is 2.21. The first-order valence-electron chi connectivity index (χ1n) is 6.40. The van der Waals surface area contributed by atoms with Crippen LogP contribution in [0.5, 0.6) is 0 Å². The number of hydrazone groups is 1. The van der Waals surface area contributed by atoms with E-state index in [2.05, 4.69) is 5.10 Å². The van der Waals surface area contributed by atoms with Crippen molar-refractivity contribution in [3.05, 3.63) is 33.9 Å². The molecule has 1 aliphatic rings. The molecule has 7 heteroatoms. The number of morpholine rings is 1. The molecule has 0 radical (unpaired) electrons. The van der Waals surface area contributed by atoms with Crippen LogP contribution in [0.2, 0.25) is 0 Å². The van der Waals surface area contributed by atoms with Gasteiger partial charge in [-0.15, -0.1) is 0 Å². The van der Waals surface area contributed by atoms with Gasteiger partial charge in [-0.2, -0.15) is 5.10 Å². The van der Waals surface area contributed by atoms with Crippen molar-refractivity contribution < 1.29 is 9.66 Å². The molecule has 1 aliphatic heterocycles. The number of ether oxygens (including phenoxy) is 1. The molecule has 0 unspecified atom stereocenters. The van der Waals surface area contributed by atoms with Crippen LogP contribution in [-0.2, 0) is 4.74 Å². The lowest BCUT2D eigenvalue weighted by molar-refractivity contribution is -0.384. The number of hydrogen-bond donors (Lipinski definition) is 0. The van der Waals surface area contributed by atoms with Crippen LogP contribution in [0.4, 0.5) is 11.4 Å². The molecule has 2 rings (SSSR count). The summed E-state index contributed by atoms with van der Waals surface area (Å²) >= 11 is 0. The lowest BCUT2D eigenvalue weighted by atomic mass is 10.1. The van der Waals surface area contributed by atoms with Gasteiger partial charge >= 0.3 is 0 Å². The average molecular weight is 278 g/mol. The van der Waals surface area contributed by atoms with Gasteiger partial charge in [0.05, 0.1) is 24.4 Å². The molecule has 0 spiro atoms. The number of nitro benzene ring substituents is 1.